The molecule has 0 spiro atoms. The zero-order valence-corrected chi connectivity index (χ0v) is 13.4. The highest BCUT2D eigenvalue weighted by Gasteiger charge is 2.19. The molecule has 0 bridgehead atoms. The lowest BCUT2D eigenvalue weighted by Gasteiger charge is -2.15. The molecule has 25 heavy (non-hydrogen) atoms. The van der Waals surface area contributed by atoms with Gasteiger partial charge >= 0.3 is 0 Å². The molecule has 2 aromatic heterocycles. The molecule has 1 atom stereocenters. The number of para-hydroxylation sites is 1. The minimum absolute atomic E-state index is 0.0534. The minimum Gasteiger partial charge on any atom is -0.322 e. The monoisotopic (exact) mass is 338 g/mol. The Balaban J connectivity index is 1.89. The Morgan fingerprint density at radius 2 is 1.84 bits per heavy atom. The van der Waals surface area contributed by atoms with Crippen molar-refractivity contribution in [2.45, 2.75) is 13.0 Å². The molecule has 3 aromatic rings. The standard InChI is InChI=1S/C18H15FN4O2/c1-12(18(25)21-16-5-3-2-4-14(16)19)23-17(24)7-6-15(22-23)13-8-10-20-11-9-13/h2-12H,1H3,(H,21,25). The summed E-state index contributed by atoms with van der Waals surface area (Å²) in [5.74, 6) is -1.08. The quantitative estimate of drug-likeness (QED) is 0.793. The van der Waals surface area contributed by atoms with E-state index in [9.17, 15) is 14.0 Å². The molecule has 1 unspecified atom stereocenters. The zero-order valence-electron chi connectivity index (χ0n) is 13.4. The van der Waals surface area contributed by atoms with Gasteiger partial charge in [-0.05, 0) is 37.3 Å². The number of carbonyl (C=O) groups is 1. The fourth-order valence-electron chi connectivity index (χ4n) is 2.29. The molecule has 0 radical (unpaired) electrons. The molecular formula is C18H15FN4O2. The van der Waals surface area contributed by atoms with Crippen molar-refractivity contribution in [3.63, 3.8) is 0 Å². The van der Waals surface area contributed by atoms with Gasteiger partial charge in [-0.25, -0.2) is 9.07 Å². The van der Waals surface area contributed by atoms with Gasteiger partial charge in [0, 0.05) is 24.0 Å². The van der Waals surface area contributed by atoms with E-state index >= 15 is 0 Å². The summed E-state index contributed by atoms with van der Waals surface area (Å²) in [4.78, 5) is 28.4. The molecule has 2 heterocycles. The lowest BCUT2D eigenvalue weighted by atomic mass is 10.2. The van der Waals surface area contributed by atoms with Gasteiger partial charge in [-0.2, -0.15) is 5.10 Å². The highest BCUT2D eigenvalue weighted by atomic mass is 19.1. The molecule has 0 saturated heterocycles. The fraction of sp³-hybridized carbons (Fsp3) is 0.111. The van der Waals surface area contributed by atoms with Crippen molar-refractivity contribution in [3.05, 3.63) is 77.1 Å². The van der Waals surface area contributed by atoms with Gasteiger partial charge in [0.1, 0.15) is 11.9 Å². The number of rotatable bonds is 4. The number of anilines is 1. The number of halogens is 1. The first kappa shape index (κ1) is 16.5. The van der Waals surface area contributed by atoms with Crippen molar-refractivity contribution in [3.8, 4) is 11.3 Å². The van der Waals surface area contributed by atoms with E-state index in [0.717, 1.165) is 10.2 Å². The van der Waals surface area contributed by atoms with Gasteiger partial charge in [-0.3, -0.25) is 14.6 Å². The number of benzene rings is 1. The maximum atomic E-state index is 13.7. The van der Waals surface area contributed by atoms with Crippen LogP contribution in [0.25, 0.3) is 11.3 Å². The number of nitrogens with zero attached hydrogens (tertiary/aromatic N) is 3. The van der Waals surface area contributed by atoms with E-state index in [2.05, 4.69) is 15.4 Å². The first-order valence-electron chi connectivity index (χ1n) is 7.62. The molecule has 0 aliphatic heterocycles. The van der Waals surface area contributed by atoms with Gasteiger partial charge < -0.3 is 5.32 Å². The van der Waals surface area contributed by atoms with Crippen LogP contribution in [0.2, 0.25) is 0 Å². The second-order valence-corrected chi connectivity index (χ2v) is 5.38. The Morgan fingerprint density at radius 1 is 1.12 bits per heavy atom. The van der Waals surface area contributed by atoms with E-state index in [1.54, 1.807) is 36.7 Å². The Kier molecular flexibility index (Phi) is 4.65. The van der Waals surface area contributed by atoms with Gasteiger partial charge in [0.15, 0.2) is 0 Å². The van der Waals surface area contributed by atoms with Gasteiger partial charge in [0.05, 0.1) is 11.4 Å². The van der Waals surface area contributed by atoms with Gasteiger partial charge in [0.2, 0.25) is 5.91 Å². The van der Waals surface area contributed by atoms with Crippen molar-refractivity contribution in [2.75, 3.05) is 5.32 Å². The van der Waals surface area contributed by atoms with Crippen molar-refractivity contribution < 1.29 is 9.18 Å². The predicted octanol–water partition coefficient (Wildman–Crippen LogP) is 2.64. The van der Waals surface area contributed by atoms with E-state index in [1.165, 1.54) is 31.2 Å². The highest BCUT2D eigenvalue weighted by molar-refractivity contribution is 5.93. The summed E-state index contributed by atoms with van der Waals surface area (Å²) in [5.41, 5.74) is 0.935. The summed E-state index contributed by atoms with van der Waals surface area (Å²) in [6, 6.07) is 11.3. The molecule has 3 rings (SSSR count). The number of hydrogen-bond donors (Lipinski definition) is 1. The predicted molar refractivity (Wildman–Crippen MR) is 91.5 cm³/mol. The average Bonchev–Trinajstić information content (AvgIpc) is 2.64. The van der Waals surface area contributed by atoms with Crippen LogP contribution in [0.1, 0.15) is 13.0 Å². The summed E-state index contributed by atoms with van der Waals surface area (Å²) in [6.45, 7) is 1.53. The van der Waals surface area contributed by atoms with E-state index in [1.807, 2.05) is 0 Å². The van der Waals surface area contributed by atoms with Gasteiger partial charge in [-0.1, -0.05) is 12.1 Å². The van der Waals surface area contributed by atoms with Crippen molar-refractivity contribution in [2.24, 2.45) is 0 Å². The van der Waals surface area contributed by atoms with Crippen LogP contribution in [0.5, 0.6) is 0 Å². The number of nitrogens with one attached hydrogen (secondary N) is 1. The Hall–Kier alpha value is -3.35. The van der Waals surface area contributed by atoms with Crippen LogP contribution in [-0.4, -0.2) is 20.7 Å². The molecule has 0 saturated carbocycles. The van der Waals surface area contributed by atoms with Crippen LogP contribution >= 0.6 is 0 Å². The van der Waals surface area contributed by atoms with Crippen LogP contribution in [-0.2, 0) is 4.79 Å². The van der Waals surface area contributed by atoms with Crippen molar-refractivity contribution in [1.29, 1.82) is 0 Å². The third-order valence-corrected chi connectivity index (χ3v) is 3.68. The van der Waals surface area contributed by atoms with Gasteiger partial charge in [-0.15, -0.1) is 0 Å². The largest absolute Gasteiger partial charge is 0.322 e. The van der Waals surface area contributed by atoms with Crippen LogP contribution in [0.3, 0.4) is 0 Å². The highest BCUT2D eigenvalue weighted by Crippen LogP contribution is 2.17. The zero-order chi connectivity index (χ0) is 17.8. The number of hydrogen-bond acceptors (Lipinski definition) is 4. The molecule has 1 aromatic carbocycles. The molecule has 1 amide bonds. The molecule has 0 fully saturated rings. The summed E-state index contributed by atoms with van der Waals surface area (Å²) in [5, 5.41) is 6.72. The normalized spacial score (nSPS) is 11.8. The summed E-state index contributed by atoms with van der Waals surface area (Å²) >= 11 is 0. The topological polar surface area (TPSA) is 76.9 Å². The first-order valence-corrected chi connectivity index (χ1v) is 7.62. The maximum Gasteiger partial charge on any atom is 0.267 e. The molecule has 126 valence electrons. The lowest BCUT2D eigenvalue weighted by Crippen LogP contribution is -2.33. The molecule has 7 heteroatoms. The second kappa shape index (κ2) is 7.04. The fourth-order valence-corrected chi connectivity index (χ4v) is 2.29. The maximum absolute atomic E-state index is 13.7. The van der Waals surface area contributed by atoms with E-state index in [-0.39, 0.29) is 5.69 Å². The molecule has 0 aliphatic rings. The lowest BCUT2D eigenvalue weighted by molar-refractivity contribution is -0.119. The molecule has 0 aliphatic carbocycles. The summed E-state index contributed by atoms with van der Waals surface area (Å²) in [7, 11) is 0. The number of carbonyl (C=O) groups excluding carboxylic acids is 1. The van der Waals surface area contributed by atoms with Crippen LogP contribution in [0.15, 0.2) is 65.7 Å². The molecule has 1 N–H and O–H groups in total. The van der Waals surface area contributed by atoms with Gasteiger partial charge in [0.25, 0.3) is 5.56 Å². The van der Waals surface area contributed by atoms with E-state index in [0.29, 0.717) is 5.69 Å². The third kappa shape index (κ3) is 3.60. The number of pyridine rings is 1. The minimum atomic E-state index is -0.908. The summed E-state index contributed by atoms with van der Waals surface area (Å²) in [6.07, 6.45) is 3.22. The Labute approximate surface area is 143 Å². The first-order chi connectivity index (χ1) is 12.1. The Bertz CT molecular complexity index is 957. The third-order valence-electron chi connectivity index (χ3n) is 3.68. The average molecular weight is 338 g/mol. The summed E-state index contributed by atoms with van der Waals surface area (Å²) < 4.78 is 14.8. The van der Waals surface area contributed by atoms with Crippen molar-refractivity contribution >= 4 is 11.6 Å². The Morgan fingerprint density at radius 3 is 2.56 bits per heavy atom. The van der Waals surface area contributed by atoms with E-state index in [4.69, 9.17) is 0 Å². The second-order valence-electron chi connectivity index (χ2n) is 5.38. The van der Waals surface area contributed by atoms with Crippen LogP contribution < -0.4 is 10.9 Å². The SMILES string of the molecule is CC(C(=O)Nc1ccccc1F)n1nc(-c2ccncc2)ccc1=O. The van der Waals surface area contributed by atoms with E-state index < -0.39 is 23.3 Å². The van der Waals surface area contributed by atoms with Crippen LogP contribution in [0, 0.1) is 5.82 Å². The molecule has 6 nitrogen and oxygen atoms in total. The number of amides is 1. The number of aromatic nitrogens is 3. The van der Waals surface area contributed by atoms with Crippen molar-refractivity contribution in [1.82, 2.24) is 14.8 Å². The smallest absolute Gasteiger partial charge is 0.267 e. The van der Waals surface area contributed by atoms with Crippen LogP contribution in [0.4, 0.5) is 10.1 Å². The molecular weight excluding hydrogens is 323 g/mol.